The van der Waals surface area contributed by atoms with E-state index in [1.807, 2.05) is 6.92 Å². The second-order valence-corrected chi connectivity index (χ2v) is 8.50. The van der Waals surface area contributed by atoms with Gasteiger partial charge in [0, 0.05) is 22.7 Å². The molecule has 0 radical (unpaired) electrons. The van der Waals surface area contributed by atoms with Crippen LogP contribution in [0.2, 0.25) is 5.02 Å². The first-order valence-corrected chi connectivity index (χ1v) is 10.0. The molecule has 2 aromatic carbocycles. The van der Waals surface area contributed by atoms with Crippen LogP contribution in [0.25, 0.3) is 0 Å². The van der Waals surface area contributed by atoms with Crippen LogP contribution >= 0.6 is 11.6 Å². The highest BCUT2D eigenvalue weighted by Gasteiger charge is 2.32. The molecule has 1 unspecified atom stereocenters. The Morgan fingerprint density at radius 3 is 2.44 bits per heavy atom. The Bertz CT molecular complexity index is 1050. The molecule has 0 aromatic heterocycles. The minimum atomic E-state index is -3.40. The number of nitro groups is 1. The maximum Gasteiger partial charge on any atom is 0.288 e. The highest BCUT2D eigenvalue weighted by molar-refractivity contribution is 7.94. The molecule has 0 fully saturated rings. The van der Waals surface area contributed by atoms with Gasteiger partial charge >= 0.3 is 0 Å². The molecule has 0 spiro atoms. The van der Waals surface area contributed by atoms with Crippen LogP contribution in [0.15, 0.2) is 53.9 Å². The van der Waals surface area contributed by atoms with Crippen LogP contribution in [0, 0.1) is 17.0 Å². The van der Waals surface area contributed by atoms with E-state index in [0.29, 0.717) is 5.69 Å². The zero-order valence-electron chi connectivity index (χ0n) is 14.2. The van der Waals surface area contributed by atoms with Gasteiger partial charge in [-0.3, -0.25) is 14.9 Å². The summed E-state index contributed by atoms with van der Waals surface area (Å²) in [5.74, 6) is -0.798. The number of nitrogens with zero attached hydrogens (tertiary/aromatic N) is 2. The molecule has 1 aliphatic heterocycles. The molecule has 3 rings (SSSR count). The van der Waals surface area contributed by atoms with Crippen LogP contribution in [-0.2, 0) is 9.84 Å². The Kier molecular flexibility index (Phi) is 5.03. The normalized spacial score (nSPS) is 17.6. The maximum absolute atomic E-state index is 13.1. The van der Waals surface area contributed by atoms with Gasteiger partial charge in [0.25, 0.3) is 11.6 Å². The number of carbonyl (C=O) groups excluding carboxylic acids is 1. The van der Waals surface area contributed by atoms with Crippen LogP contribution in [0.4, 0.5) is 11.4 Å². The van der Waals surface area contributed by atoms with E-state index in [0.717, 1.165) is 17.0 Å². The number of hydrogen-bond acceptors (Lipinski definition) is 5. The molecule has 27 heavy (non-hydrogen) atoms. The van der Waals surface area contributed by atoms with Crippen molar-refractivity contribution >= 4 is 38.7 Å². The van der Waals surface area contributed by atoms with E-state index in [4.69, 9.17) is 11.6 Å². The monoisotopic (exact) mass is 406 g/mol. The maximum atomic E-state index is 13.1. The largest absolute Gasteiger partial charge is 0.300 e. The highest BCUT2D eigenvalue weighted by atomic mass is 35.5. The van der Waals surface area contributed by atoms with Gasteiger partial charge in [0.05, 0.1) is 16.7 Å². The smallest absolute Gasteiger partial charge is 0.288 e. The van der Waals surface area contributed by atoms with Gasteiger partial charge in [0.1, 0.15) is 5.02 Å². The highest BCUT2D eigenvalue weighted by Crippen LogP contribution is 2.29. The van der Waals surface area contributed by atoms with Gasteiger partial charge in [0.2, 0.25) is 0 Å². The molecule has 0 N–H and O–H groups in total. The van der Waals surface area contributed by atoms with Gasteiger partial charge in [-0.15, -0.1) is 0 Å². The van der Waals surface area contributed by atoms with Crippen LogP contribution < -0.4 is 4.90 Å². The summed E-state index contributed by atoms with van der Waals surface area (Å²) in [5, 5.41) is 12.1. The van der Waals surface area contributed by atoms with E-state index < -0.39 is 26.7 Å². The van der Waals surface area contributed by atoms with Gasteiger partial charge < -0.3 is 4.90 Å². The number of halogens is 1. The SMILES string of the molecule is Cc1ccc(N(C(=O)c2ccc(Cl)c([N+](=O)[O-])c2)C2C=CS(=O)(=O)C2)cc1. The van der Waals surface area contributed by atoms with Gasteiger partial charge in [0.15, 0.2) is 9.84 Å². The minimum absolute atomic E-state index is 0.0457. The molecule has 0 saturated heterocycles. The fourth-order valence-corrected chi connectivity index (χ4v) is 4.26. The first-order valence-electron chi connectivity index (χ1n) is 7.93. The summed E-state index contributed by atoms with van der Waals surface area (Å²) >= 11 is 5.82. The zero-order chi connectivity index (χ0) is 19.8. The number of nitro benzene ring substituents is 1. The number of rotatable bonds is 4. The van der Waals surface area contributed by atoms with Gasteiger partial charge in [-0.2, -0.15) is 0 Å². The number of aryl methyl sites for hydroxylation is 1. The number of amides is 1. The number of hydrogen-bond donors (Lipinski definition) is 0. The lowest BCUT2D eigenvalue weighted by molar-refractivity contribution is -0.384. The lowest BCUT2D eigenvalue weighted by atomic mass is 10.1. The topological polar surface area (TPSA) is 97.6 Å². The molecule has 0 aliphatic carbocycles. The molecule has 2 aromatic rings. The van der Waals surface area contributed by atoms with Crippen molar-refractivity contribution < 1.29 is 18.1 Å². The second kappa shape index (κ2) is 7.13. The Balaban J connectivity index is 2.06. The van der Waals surface area contributed by atoms with E-state index in [9.17, 15) is 23.3 Å². The molecule has 140 valence electrons. The van der Waals surface area contributed by atoms with Crippen LogP contribution in [0.1, 0.15) is 15.9 Å². The number of anilines is 1. The molecule has 0 bridgehead atoms. The average molecular weight is 407 g/mol. The van der Waals surface area contributed by atoms with E-state index in [-0.39, 0.29) is 22.0 Å². The first-order chi connectivity index (χ1) is 12.7. The summed E-state index contributed by atoms with van der Waals surface area (Å²) in [6, 6.07) is 10.1. The van der Waals surface area contributed by atoms with Crippen molar-refractivity contribution in [3.05, 3.63) is 80.2 Å². The quantitative estimate of drug-likeness (QED) is 0.571. The third kappa shape index (κ3) is 4.01. The van der Waals surface area contributed by atoms with Gasteiger partial charge in [-0.05, 0) is 37.3 Å². The molecule has 1 atom stereocenters. The molecule has 1 aliphatic rings. The van der Waals surface area contributed by atoms with Crippen molar-refractivity contribution in [2.24, 2.45) is 0 Å². The summed E-state index contributed by atoms with van der Waals surface area (Å²) in [4.78, 5) is 24.9. The van der Waals surface area contributed by atoms with E-state index in [1.54, 1.807) is 24.3 Å². The van der Waals surface area contributed by atoms with Gasteiger partial charge in [-0.25, -0.2) is 8.42 Å². The Labute approximate surface area is 160 Å². The molecule has 0 saturated carbocycles. The lowest BCUT2D eigenvalue weighted by Crippen LogP contribution is -2.41. The zero-order valence-corrected chi connectivity index (χ0v) is 15.8. The molecule has 7 nitrogen and oxygen atoms in total. The third-order valence-electron chi connectivity index (χ3n) is 4.16. The lowest BCUT2D eigenvalue weighted by Gasteiger charge is -2.28. The molecule has 9 heteroatoms. The summed E-state index contributed by atoms with van der Waals surface area (Å²) in [5.41, 5.74) is 1.13. The van der Waals surface area contributed by atoms with E-state index in [2.05, 4.69) is 0 Å². The van der Waals surface area contributed by atoms with Crippen molar-refractivity contribution in [3.8, 4) is 0 Å². The summed E-state index contributed by atoms with van der Waals surface area (Å²) in [6.45, 7) is 1.89. The first kappa shape index (κ1) is 19.1. The molecular formula is C18H15ClN2O5S. The third-order valence-corrected chi connectivity index (χ3v) is 5.86. The standard InChI is InChI=1S/C18H15ClN2O5S/c1-12-2-5-14(6-3-12)20(15-8-9-27(25,26)11-15)18(22)13-4-7-16(19)17(10-13)21(23)24/h2-10,15H,11H2,1H3. The van der Waals surface area contributed by atoms with E-state index >= 15 is 0 Å². The number of sulfone groups is 1. The fraction of sp³-hybridized carbons (Fsp3) is 0.167. The summed E-state index contributed by atoms with van der Waals surface area (Å²) in [6.07, 6.45) is 1.44. The van der Waals surface area contributed by atoms with Crippen molar-refractivity contribution in [1.82, 2.24) is 0 Å². The van der Waals surface area contributed by atoms with Crippen LogP contribution in [-0.4, -0.2) is 31.0 Å². The predicted molar refractivity (Wildman–Crippen MR) is 103 cm³/mol. The van der Waals surface area contributed by atoms with Crippen LogP contribution in [0.5, 0.6) is 0 Å². The van der Waals surface area contributed by atoms with Crippen LogP contribution in [0.3, 0.4) is 0 Å². The predicted octanol–water partition coefficient (Wildman–Crippen LogP) is 3.51. The van der Waals surface area contributed by atoms with Crippen molar-refractivity contribution in [2.45, 2.75) is 13.0 Å². The van der Waals surface area contributed by atoms with Crippen molar-refractivity contribution in [3.63, 3.8) is 0 Å². The Hall–Kier alpha value is -2.71. The Morgan fingerprint density at radius 1 is 1.22 bits per heavy atom. The summed E-state index contributed by atoms with van der Waals surface area (Å²) in [7, 11) is -3.40. The molecular weight excluding hydrogens is 392 g/mol. The Morgan fingerprint density at radius 2 is 1.89 bits per heavy atom. The van der Waals surface area contributed by atoms with Gasteiger partial charge in [-0.1, -0.05) is 29.3 Å². The molecule has 1 amide bonds. The fourth-order valence-electron chi connectivity index (χ4n) is 2.81. The second-order valence-electron chi connectivity index (χ2n) is 6.16. The number of carbonyl (C=O) groups is 1. The van der Waals surface area contributed by atoms with E-state index in [1.165, 1.54) is 23.1 Å². The number of benzene rings is 2. The summed E-state index contributed by atoms with van der Waals surface area (Å²) < 4.78 is 23.7. The molecule has 1 heterocycles. The average Bonchev–Trinajstić information content (AvgIpc) is 2.96. The van der Waals surface area contributed by atoms with Crippen molar-refractivity contribution in [2.75, 3.05) is 10.7 Å². The minimum Gasteiger partial charge on any atom is -0.300 e. The van der Waals surface area contributed by atoms with Crippen molar-refractivity contribution in [1.29, 1.82) is 0 Å².